The molecular formula is C12H12BrClINO. The van der Waals surface area contributed by atoms with E-state index in [-0.39, 0.29) is 5.91 Å². The molecule has 5 heteroatoms. The quantitative estimate of drug-likeness (QED) is 0.490. The molecule has 0 N–H and O–H groups in total. The Morgan fingerprint density at radius 1 is 1.41 bits per heavy atom. The van der Waals surface area contributed by atoms with Crippen LogP contribution in [0.1, 0.15) is 23.2 Å². The van der Waals surface area contributed by atoms with Crippen LogP contribution in [0.15, 0.2) is 18.2 Å². The Hall–Kier alpha value is 0.190. The Bertz CT molecular complexity index is 433. The maximum atomic E-state index is 12.3. The lowest BCUT2D eigenvalue weighted by atomic mass is 10.1. The molecular weight excluding hydrogens is 416 g/mol. The number of hydrogen-bond acceptors (Lipinski definition) is 1. The van der Waals surface area contributed by atoms with Crippen LogP contribution in [0.4, 0.5) is 0 Å². The van der Waals surface area contributed by atoms with E-state index in [0.717, 1.165) is 29.5 Å². The molecule has 1 heterocycles. The van der Waals surface area contributed by atoms with Crippen LogP contribution >= 0.6 is 50.1 Å². The van der Waals surface area contributed by atoms with Crippen LogP contribution in [0.3, 0.4) is 0 Å². The fourth-order valence-electron chi connectivity index (χ4n) is 1.88. The maximum Gasteiger partial charge on any atom is 0.254 e. The van der Waals surface area contributed by atoms with Crippen molar-refractivity contribution in [3.8, 4) is 0 Å². The highest BCUT2D eigenvalue weighted by Crippen LogP contribution is 2.23. The summed E-state index contributed by atoms with van der Waals surface area (Å²) >= 11 is 11.7. The van der Waals surface area contributed by atoms with Gasteiger partial charge in [-0.15, -0.1) is 0 Å². The number of nitrogens with zero attached hydrogens (tertiary/aromatic N) is 1. The van der Waals surface area contributed by atoms with Crippen molar-refractivity contribution in [3.05, 3.63) is 32.4 Å². The maximum absolute atomic E-state index is 12.3. The first kappa shape index (κ1) is 13.6. The molecule has 1 aromatic rings. The lowest BCUT2D eigenvalue weighted by Crippen LogP contribution is -2.39. The molecule has 0 bridgehead atoms. The summed E-state index contributed by atoms with van der Waals surface area (Å²) < 4.78 is 0.956. The Labute approximate surface area is 128 Å². The highest BCUT2D eigenvalue weighted by atomic mass is 127. The van der Waals surface area contributed by atoms with E-state index < -0.39 is 0 Å². The summed E-state index contributed by atoms with van der Waals surface area (Å²) in [5.74, 6) is 0.0938. The number of carbonyl (C=O) groups excluding carboxylic acids is 1. The SMILES string of the molecule is O=C(c1cc(Cl)ccc1I)N1CCC(Br)CC1. The number of alkyl halides is 1. The van der Waals surface area contributed by atoms with E-state index in [1.807, 2.05) is 17.0 Å². The number of amides is 1. The predicted molar refractivity (Wildman–Crippen MR) is 82.0 cm³/mol. The molecule has 1 saturated heterocycles. The van der Waals surface area contributed by atoms with Gasteiger partial charge in [0.2, 0.25) is 0 Å². The number of hydrogen-bond donors (Lipinski definition) is 0. The normalized spacial score (nSPS) is 17.2. The van der Waals surface area contributed by atoms with Gasteiger partial charge in [0.25, 0.3) is 5.91 Å². The number of carbonyl (C=O) groups is 1. The van der Waals surface area contributed by atoms with E-state index in [0.29, 0.717) is 15.4 Å². The second-order valence-corrected chi connectivity index (χ2v) is 6.98. The van der Waals surface area contributed by atoms with Crippen LogP contribution in [-0.4, -0.2) is 28.7 Å². The standard InChI is InChI=1S/C12H12BrClINO/c13-8-3-5-16(6-4-8)12(17)10-7-9(14)1-2-11(10)15/h1-2,7-8H,3-6H2. The zero-order chi connectivity index (χ0) is 12.4. The second-order valence-electron chi connectivity index (χ2n) is 4.09. The van der Waals surface area contributed by atoms with Crippen molar-refractivity contribution in [3.63, 3.8) is 0 Å². The van der Waals surface area contributed by atoms with Crippen molar-refractivity contribution in [2.75, 3.05) is 13.1 Å². The topological polar surface area (TPSA) is 20.3 Å². The highest BCUT2D eigenvalue weighted by molar-refractivity contribution is 14.1. The molecule has 1 aliphatic heterocycles. The smallest absolute Gasteiger partial charge is 0.254 e. The zero-order valence-corrected chi connectivity index (χ0v) is 13.6. The average Bonchev–Trinajstić information content (AvgIpc) is 2.32. The van der Waals surface area contributed by atoms with Crippen molar-refractivity contribution < 1.29 is 4.79 Å². The summed E-state index contributed by atoms with van der Waals surface area (Å²) in [5.41, 5.74) is 0.714. The predicted octanol–water partition coefficient (Wildman–Crippen LogP) is 3.94. The molecule has 1 amide bonds. The molecule has 0 spiro atoms. The lowest BCUT2D eigenvalue weighted by molar-refractivity contribution is 0.0727. The van der Waals surface area contributed by atoms with E-state index >= 15 is 0 Å². The number of likely N-dealkylation sites (tertiary alicyclic amines) is 1. The first-order valence-electron chi connectivity index (χ1n) is 5.46. The van der Waals surface area contributed by atoms with Crippen LogP contribution < -0.4 is 0 Å². The zero-order valence-electron chi connectivity index (χ0n) is 9.13. The molecule has 0 aliphatic carbocycles. The van der Waals surface area contributed by atoms with Crippen molar-refractivity contribution in [1.82, 2.24) is 4.90 Å². The Balaban J connectivity index is 2.16. The summed E-state index contributed by atoms with van der Waals surface area (Å²) in [6.07, 6.45) is 2.03. The van der Waals surface area contributed by atoms with Crippen molar-refractivity contribution in [2.24, 2.45) is 0 Å². The molecule has 2 rings (SSSR count). The summed E-state index contributed by atoms with van der Waals surface area (Å²) in [6, 6.07) is 5.45. The third kappa shape index (κ3) is 3.35. The Morgan fingerprint density at radius 2 is 2.06 bits per heavy atom. The molecule has 1 aliphatic rings. The van der Waals surface area contributed by atoms with Crippen molar-refractivity contribution in [2.45, 2.75) is 17.7 Å². The van der Waals surface area contributed by atoms with E-state index in [9.17, 15) is 4.79 Å². The van der Waals surface area contributed by atoms with Crippen LogP contribution in [0.25, 0.3) is 0 Å². The molecule has 0 radical (unpaired) electrons. The van der Waals surface area contributed by atoms with Gasteiger partial charge in [0, 0.05) is 26.5 Å². The van der Waals surface area contributed by atoms with Gasteiger partial charge in [-0.1, -0.05) is 27.5 Å². The van der Waals surface area contributed by atoms with Gasteiger partial charge in [0.05, 0.1) is 5.56 Å². The molecule has 2 nitrogen and oxygen atoms in total. The molecule has 92 valence electrons. The van der Waals surface area contributed by atoms with E-state index in [2.05, 4.69) is 38.5 Å². The van der Waals surface area contributed by atoms with Gasteiger partial charge in [-0.25, -0.2) is 0 Å². The van der Waals surface area contributed by atoms with Gasteiger partial charge in [-0.3, -0.25) is 4.79 Å². The minimum atomic E-state index is 0.0938. The molecule has 0 atom stereocenters. The molecule has 1 aromatic carbocycles. The summed E-state index contributed by atoms with van der Waals surface area (Å²) in [5, 5.41) is 0.615. The third-order valence-corrected chi connectivity index (χ3v) is 4.96. The largest absolute Gasteiger partial charge is 0.339 e. The first-order chi connectivity index (χ1) is 8.08. The Morgan fingerprint density at radius 3 is 2.71 bits per heavy atom. The summed E-state index contributed by atoms with van der Waals surface area (Å²) in [4.78, 5) is 14.8. The van der Waals surface area contributed by atoms with Crippen molar-refractivity contribution >= 4 is 56.0 Å². The van der Waals surface area contributed by atoms with Crippen LogP contribution in [0, 0.1) is 3.57 Å². The monoisotopic (exact) mass is 427 g/mol. The fraction of sp³-hybridized carbons (Fsp3) is 0.417. The number of piperidine rings is 1. The van der Waals surface area contributed by atoms with Crippen LogP contribution in [0.5, 0.6) is 0 Å². The molecule has 17 heavy (non-hydrogen) atoms. The lowest BCUT2D eigenvalue weighted by Gasteiger charge is -2.29. The van der Waals surface area contributed by atoms with Gasteiger partial charge in [0.15, 0.2) is 0 Å². The minimum absolute atomic E-state index is 0.0938. The number of benzene rings is 1. The Kier molecular flexibility index (Phi) is 4.72. The first-order valence-corrected chi connectivity index (χ1v) is 7.83. The van der Waals surface area contributed by atoms with Gasteiger partial charge in [0.1, 0.15) is 0 Å². The van der Waals surface area contributed by atoms with E-state index in [1.165, 1.54) is 0 Å². The average molecular weight is 428 g/mol. The highest BCUT2D eigenvalue weighted by Gasteiger charge is 2.23. The second kappa shape index (κ2) is 5.89. The van der Waals surface area contributed by atoms with Gasteiger partial charge < -0.3 is 4.90 Å². The van der Waals surface area contributed by atoms with E-state index in [4.69, 9.17) is 11.6 Å². The van der Waals surface area contributed by atoms with Crippen LogP contribution in [0.2, 0.25) is 5.02 Å². The van der Waals surface area contributed by atoms with E-state index in [1.54, 1.807) is 6.07 Å². The molecule has 1 fully saturated rings. The fourth-order valence-corrected chi connectivity index (χ4v) is 3.03. The van der Waals surface area contributed by atoms with Crippen molar-refractivity contribution in [1.29, 1.82) is 0 Å². The van der Waals surface area contributed by atoms with Crippen LogP contribution in [-0.2, 0) is 0 Å². The number of halogens is 3. The molecule has 0 unspecified atom stereocenters. The van der Waals surface area contributed by atoms with Gasteiger partial charge in [-0.05, 0) is 53.6 Å². The molecule has 0 saturated carbocycles. The third-order valence-electron chi connectivity index (χ3n) is 2.87. The van der Waals surface area contributed by atoms with Gasteiger partial charge in [-0.2, -0.15) is 0 Å². The number of rotatable bonds is 1. The molecule has 0 aromatic heterocycles. The van der Waals surface area contributed by atoms with Gasteiger partial charge >= 0.3 is 0 Å². The summed E-state index contributed by atoms with van der Waals surface area (Å²) in [7, 11) is 0. The summed E-state index contributed by atoms with van der Waals surface area (Å²) in [6.45, 7) is 1.63. The minimum Gasteiger partial charge on any atom is -0.339 e.